The molecule has 0 bridgehead atoms. The van der Waals surface area contributed by atoms with Gasteiger partial charge in [-0.15, -0.1) is 0 Å². The summed E-state index contributed by atoms with van der Waals surface area (Å²) < 4.78 is 13.6. The predicted octanol–water partition coefficient (Wildman–Crippen LogP) is 3.49. The van der Waals surface area contributed by atoms with E-state index in [4.69, 9.17) is 11.6 Å². The van der Waals surface area contributed by atoms with Gasteiger partial charge in [-0.1, -0.05) is 31.5 Å². The van der Waals surface area contributed by atoms with Gasteiger partial charge in [0.1, 0.15) is 0 Å². The lowest BCUT2D eigenvalue weighted by Crippen LogP contribution is -2.43. The molecule has 0 spiro atoms. The highest BCUT2D eigenvalue weighted by Gasteiger charge is 2.35. The number of halogens is 2. The van der Waals surface area contributed by atoms with Crippen molar-refractivity contribution < 1.29 is 19.1 Å². The van der Waals surface area contributed by atoms with Crippen LogP contribution in [0.1, 0.15) is 26.7 Å². The maximum absolute atomic E-state index is 13.6. The van der Waals surface area contributed by atoms with Gasteiger partial charge in [-0.25, -0.2) is 9.18 Å². The summed E-state index contributed by atoms with van der Waals surface area (Å²) in [4.78, 5) is 23.1. The van der Waals surface area contributed by atoms with Crippen LogP contribution in [0.5, 0.6) is 0 Å². The van der Waals surface area contributed by atoms with Crippen molar-refractivity contribution in [2.75, 3.05) is 11.9 Å². The molecule has 0 saturated carbocycles. The average Bonchev–Trinajstić information content (AvgIpc) is 2.45. The van der Waals surface area contributed by atoms with Crippen molar-refractivity contribution in [1.82, 2.24) is 5.32 Å². The maximum atomic E-state index is 13.6. The quantitative estimate of drug-likeness (QED) is 0.751. The molecular formula is C14H18ClFN2O3. The molecule has 116 valence electrons. The van der Waals surface area contributed by atoms with Crippen LogP contribution in [0.3, 0.4) is 0 Å². The number of benzene rings is 1. The van der Waals surface area contributed by atoms with Crippen LogP contribution in [0, 0.1) is 11.2 Å². The third-order valence-corrected chi connectivity index (χ3v) is 3.89. The van der Waals surface area contributed by atoms with Crippen molar-refractivity contribution in [3.05, 3.63) is 29.0 Å². The van der Waals surface area contributed by atoms with Crippen LogP contribution in [-0.4, -0.2) is 23.7 Å². The van der Waals surface area contributed by atoms with Gasteiger partial charge >= 0.3 is 12.0 Å². The number of carboxylic acids is 1. The Kier molecular flexibility index (Phi) is 5.96. The van der Waals surface area contributed by atoms with Crippen LogP contribution >= 0.6 is 11.6 Å². The van der Waals surface area contributed by atoms with Gasteiger partial charge in [0.15, 0.2) is 5.82 Å². The average molecular weight is 317 g/mol. The Labute approximate surface area is 127 Å². The normalized spacial score (nSPS) is 11.0. The molecule has 0 fully saturated rings. The van der Waals surface area contributed by atoms with E-state index in [1.807, 2.05) is 0 Å². The van der Waals surface area contributed by atoms with E-state index in [0.717, 1.165) is 0 Å². The van der Waals surface area contributed by atoms with Crippen molar-refractivity contribution in [3.63, 3.8) is 0 Å². The highest BCUT2D eigenvalue weighted by atomic mass is 35.5. The smallest absolute Gasteiger partial charge is 0.319 e. The SMILES string of the molecule is CCC(CC)(CNC(=O)Nc1cccc(Cl)c1F)C(=O)O. The molecule has 0 saturated heterocycles. The number of amides is 2. The molecule has 1 aromatic carbocycles. The molecule has 0 aliphatic rings. The van der Waals surface area contributed by atoms with Gasteiger partial charge in [0.2, 0.25) is 0 Å². The Morgan fingerprint density at radius 2 is 1.95 bits per heavy atom. The van der Waals surface area contributed by atoms with E-state index in [-0.39, 0.29) is 17.3 Å². The van der Waals surface area contributed by atoms with Gasteiger partial charge < -0.3 is 15.7 Å². The third-order valence-electron chi connectivity index (χ3n) is 3.59. The lowest BCUT2D eigenvalue weighted by molar-refractivity contribution is -0.149. The molecule has 1 rings (SSSR count). The number of rotatable bonds is 6. The number of urea groups is 1. The molecule has 7 heteroatoms. The van der Waals surface area contributed by atoms with Crippen LogP contribution in [-0.2, 0) is 4.79 Å². The molecule has 2 amide bonds. The van der Waals surface area contributed by atoms with Crippen LogP contribution in [0.15, 0.2) is 18.2 Å². The lowest BCUT2D eigenvalue weighted by atomic mass is 9.82. The fourth-order valence-electron chi connectivity index (χ4n) is 1.89. The highest BCUT2D eigenvalue weighted by Crippen LogP contribution is 2.26. The van der Waals surface area contributed by atoms with Crippen molar-refractivity contribution in [2.45, 2.75) is 26.7 Å². The van der Waals surface area contributed by atoms with E-state index in [9.17, 15) is 19.1 Å². The zero-order valence-corrected chi connectivity index (χ0v) is 12.6. The maximum Gasteiger partial charge on any atom is 0.319 e. The van der Waals surface area contributed by atoms with Gasteiger partial charge in [0.25, 0.3) is 0 Å². The number of hydrogen-bond acceptors (Lipinski definition) is 2. The largest absolute Gasteiger partial charge is 0.481 e. The summed E-state index contributed by atoms with van der Waals surface area (Å²) >= 11 is 5.61. The topological polar surface area (TPSA) is 78.4 Å². The first-order valence-electron chi connectivity index (χ1n) is 6.58. The zero-order chi connectivity index (χ0) is 16.0. The Bertz CT molecular complexity index is 533. The number of carbonyl (C=O) groups is 2. The van der Waals surface area contributed by atoms with E-state index in [1.165, 1.54) is 18.2 Å². The van der Waals surface area contributed by atoms with Crippen LogP contribution < -0.4 is 10.6 Å². The Hall–Kier alpha value is -1.82. The number of carboxylic acid groups (broad SMARTS) is 1. The number of anilines is 1. The number of hydrogen-bond donors (Lipinski definition) is 3. The third kappa shape index (κ3) is 4.07. The van der Waals surface area contributed by atoms with E-state index in [2.05, 4.69) is 10.6 Å². The summed E-state index contributed by atoms with van der Waals surface area (Å²) in [6.07, 6.45) is 0.759. The second kappa shape index (κ2) is 7.26. The molecule has 0 aromatic heterocycles. The van der Waals surface area contributed by atoms with Crippen LogP contribution in [0.4, 0.5) is 14.9 Å². The minimum Gasteiger partial charge on any atom is -0.481 e. The van der Waals surface area contributed by atoms with E-state index in [0.29, 0.717) is 12.8 Å². The minimum absolute atomic E-state index is 0.0383. The second-order valence-corrected chi connectivity index (χ2v) is 5.11. The van der Waals surface area contributed by atoms with Crippen LogP contribution in [0.2, 0.25) is 5.02 Å². The summed E-state index contributed by atoms with van der Waals surface area (Å²) in [5.41, 5.74) is -1.08. The molecule has 3 N–H and O–H groups in total. The molecule has 0 heterocycles. The molecule has 1 aromatic rings. The summed E-state index contributed by atoms with van der Waals surface area (Å²) in [6, 6.07) is 3.55. The molecule has 0 atom stereocenters. The van der Waals surface area contributed by atoms with Gasteiger partial charge in [0, 0.05) is 6.54 Å². The first-order valence-corrected chi connectivity index (χ1v) is 6.96. The monoisotopic (exact) mass is 316 g/mol. The van der Waals surface area contributed by atoms with Crippen LogP contribution in [0.25, 0.3) is 0 Å². The second-order valence-electron chi connectivity index (χ2n) is 4.70. The van der Waals surface area contributed by atoms with Gasteiger partial charge in [0.05, 0.1) is 16.1 Å². The van der Waals surface area contributed by atoms with E-state index in [1.54, 1.807) is 13.8 Å². The molecule has 5 nitrogen and oxygen atoms in total. The van der Waals surface area contributed by atoms with Crippen molar-refractivity contribution in [3.8, 4) is 0 Å². The molecule has 0 unspecified atom stereocenters. The minimum atomic E-state index is -1.02. The summed E-state index contributed by atoms with van der Waals surface area (Å²) in [6.45, 7) is 3.45. The molecule has 21 heavy (non-hydrogen) atoms. The molecule has 0 aliphatic heterocycles. The van der Waals surface area contributed by atoms with Gasteiger partial charge in [-0.2, -0.15) is 0 Å². The molecule has 0 aliphatic carbocycles. The summed E-state index contributed by atoms with van der Waals surface area (Å²) in [5.74, 6) is -1.70. The van der Waals surface area contributed by atoms with Gasteiger partial charge in [-0.3, -0.25) is 4.79 Å². The standard InChI is InChI=1S/C14H18ClFN2O3/c1-3-14(4-2,12(19)20)8-17-13(21)18-10-7-5-6-9(15)11(10)16/h5-7H,3-4,8H2,1-2H3,(H,19,20)(H2,17,18,21). The van der Waals surface area contributed by atoms with Crippen molar-refractivity contribution in [2.24, 2.45) is 5.41 Å². The van der Waals surface area contributed by atoms with Crippen molar-refractivity contribution in [1.29, 1.82) is 0 Å². The summed E-state index contributed by atoms with van der Waals surface area (Å²) in [5, 5.41) is 13.9. The first kappa shape index (κ1) is 17.2. The Morgan fingerprint density at radius 1 is 1.33 bits per heavy atom. The predicted molar refractivity (Wildman–Crippen MR) is 79.1 cm³/mol. The Balaban J connectivity index is 2.70. The number of nitrogens with one attached hydrogen (secondary N) is 2. The zero-order valence-electron chi connectivity index (χ0n) is 11.9. The van der Waals surface area contributed by atoms with Crippen molar-refractivity contribution >= 4 is 29.3 Å². The fraction of sp³-hybridized carbons (Fsp3) is 0.429. The highest BCUT2D eigenvalue weighted by molar-refractivity contribution is 6.31. The first-order chi connectivity index (χ1) is 9.86. The fourth-order valence-corrected chi connectivity index (χ4v) is 2.07. The lowest BCUT2D eigenvalue weighted by Gasteiger charge is -2.26. The van der Waals surface area contributed by atoms with E-state index < -0.39 is 23.2 Å². The number of carbonyl (C=O) groups excluding carboxylic acids is 1. The molecular weight excluding hydrogens is 299 g/mol. The molecule has 0 radical (unpaired) electrons. The van der Waals surface area contributed by atoms with E-state index >= 15 is 0 Å². The number of aliphatic carboxylic acids is 1. The van der Waals surface area contributed by atoms with Gasteiger partial charge in [-0.05, 0) is 25.0 Å². The Morgan fingerprint density at radius 3 is 2.48 bits per heavy atom. The summed E-state index contributed by atoms with van der Waals surface area (Å²) in [7, 11) is 0.